The van der Waals surface area contributed by atoms with E-state index in [9.17, 15) is 0 Å². The van der Waals surface area contributed by atoms with E-state index < -0.39 is 0 Å². The molecule has 17 heavy (non-hydrogen) atoms. The van der Waals surface area contributed by atoms with E-state index in [2.05, 4.69) is 20.4 Å². The van der Waals surface area contributed by atoms with Gasteiger partial charge in [0.25, 0.3) is 0 Å². The number of halogens is 1. The fraction of sp³-hybridized carbons (Fsp3) is 0.364. The van der Waals surface area contributed by atoms with Crippen LogP contribution in [0, 0.1) is 20.8 Å². The van der Waals surface area contributed by atoms with Crippen LogP contribution in [0.2, 0.25) is 5.15 Å². The van der Waals surface area contributed by atoms with Gasteiger partial charge in [-0.15, -0.1) is 0 Å². The van der Waals surface area contributed by atoms with Crippen molar-refractivity contribution in [3.8, 4) is 0 Å². The van der Waals surface area contributed by atoms with Crippen molar-refractivity contribution in [3.05, 3.63) is 34.1 Å². The summed E-state index contributed by atoms with van der Waals surface area (Å²) in [5.41, 5.74) is 2.53. The second-order valence-electron chi connectivity index (χ2n) is 3.82. The molecule has 1 N–H and O–H groups in total. The van der Waals surface area contributed by atoms with Gasteiger partial charge in [0.2, 0.25) is 0 Å². The third kappa shape index (κ3) is 2.74. The number of nitrogens with zero attached hydrogens (tertiary/aromatic N) is 3. The summed E-state index contributed by atoms with van der Waals surface area (Å²) in [7, 11) is 0. The van der Waals surface area contributed by atoms with E-state index in [0.29, 0.717) is 17.5 Å². The van der Waals surface area contributed by atoms with Gasteiger partial charge in [-0.05, 0) is 20.8 Å². The predicted octanol–water partition coefficient (Wildman–Crippen LogP) is 2.66. The van der Waals surface area contributed by atoms with Crippen molar-refractivity contribution in [1.29, 1.82) is 0 Å². The topological polar surface area (TPSA) is 63.8 Å². The average molecular weight is 253 g/mol. The van der Waals surface area contributed by atoms with Gasteiger partial charge in [0.15, 0.2) is 16.7 Å². The van der Waals surface area contributed by atoms with Crippen molar-refractivity contribution in [2.75, 3.05) is 5.32 Å². The van der Waals surface area contributed by atoms with Crippen molar-refractivity contribution in [2.45, 2.75) is 27.3 Å². The molecule has 0 amide bonds. The monoisotopic (exact) mass is 252 g/mol. The molecular formula is C11H13ClN4O. The Balaban J connectivity index is 2.11. The standard InChI is InChI=1S/C11H13ClN4O/c1-6-4-9(17-16-6)5-13-11-10(12)14-7(2)8(3)15-11/h4H,5H2,1-3H3,(H,13,15). The fourth-order valence-electron chi connectivity index (χ4n) is 1.36. The van der Waals surface area contributed by atoms with E-state index in [1.807, 2.05) is 26.8 Å². The van der Waals surface area contributed by atoms with Crippen LogP contribution in [-0.4, -0.2) is 15.1 Å². The molecule has 0 aromatic carbocycles. The van der Waals surface area contributed by atoms with Crippen LogP contribution in [0.15, 0.2) is 10.6 Å². The first-order valence-electron chi connectivity index (χ1n) is 5.23. The molecule has 0 atom stereocenters. The van der Waals surface area contributed by atoms with Gasteiger partial charge in [0.05, 0.1) is 23.6 Å². The SMILES string of the molecule is Cc1cc(CNc2nc(C)c(C)nc2Cl)on1. The molecule has 0 bridgehead atoms. The average Bonchev–Trinajstić information content (AvgIpc) is 2.68. The number of hydrogen-bond acceptors (Lipinski definition) is 5. The zero-order valence-electron chi connectivity index (χ0n) is 9.91. The zero-order chi connectivity index (χ0) is 12.4. The minimum Gasteiger partial charge on any atom is -0.360 e. The Morgan fingerprint density at radius 1 is 1.24 bits per heavy atom. The minimum atomic E-state index is 0.365. The maximum Gasteiger partial charge on any atom is 0.171 e. The molecule has 90 valence electrons. The molecule has 0 aliphatic carbocycles. The second-order valence-corrected chi connectivity index (χ2v) is 4.18. The van der Waals surface area contributed by atoms with Gasteiger partial charge < -0.3 is 9.84 Å². The molecule has 0 unspecified atom stereocenters. The van der Waals surface area contributed by atoms with Crippen molar-refractivity contribution in [3.63, 3.8) is 0 Å². The van der Waals surface area contributed by atoms with E-state index in [4.69, 9.17) is 16.1 Å². The first kappa shape index (κ1) is 11.9. The Morgan fingerprint density at radius 2 is 1.94 bits per heavy atom. The van der Waals surface area contributed by atoms with Crippen LogP contribution in [0.1, 0.15) is 22.8 Å². The van der Waals surface area contributed by atoms with Gasteiger partial charge in [-0.2, -0.15) is 0 Å². The van der Waals surface area contributed by atoms with Crippen LogP contribution in [0.5, 0.6) is 0 Å². The smallest absolute Gasteiger partial charge is 0.171 e. The lowest BCUT2D eigenvalue weighted by molar-refractivity contribution is 0.384. The Kier molecular flexibility index (Phi) is 3.28. The third-order valence-electron chi connectivity index (χ3n) is 2.37. The summed E-state index contributed by atoms with van der Waals surface area (Å²) in [6, 6.07) is 1.86. The Labute approximate surface area is 104 Å². The summed E-state index contributed by atoms with van der Waals surface area (Å²) in [5.74, 6) is 1.29. The number of hydrogen-bond donors (Lipinski definition) is 1. The van der Waals surface area contributed by atoms with Crippen LogP contribution in [-0.2, 0) is 6.54 Å². The van der Waals surface area contributed by atoms with Gasteiger partial charge in [-0.25, -0.2) is 9.97 Å². The maximum atomic E-state index is 5.99. The van der Waals surface area contributed by atoms with Crippen molar-refractivity contribution in [1.82, 2.24) is 15.1 Å². The fourth-order valence-corrected chi connectivity index (χ4v) is 1.59. The number of rotatable bonds is 3. The Morgan fingerprint density at radius 3 is 2.59 bits per heavy atom. The number of nitrogens with one attached hydrogen (secondary N) is 1. The van der Waals surface area contributed by atoms with Crippen LogP contribution in [0.4, 0.5) is 5.82 Å². The minimum absolute atomic E-state index is 0.365. The Bertz CT molecular complexity index is 538. The highest BCUT2D eigenvalue weighted by Crippen LogP contribution is 2.19. The number of aromatic nitrogens is 3. The summed E-state index contributed by atoms with van der Waals surface area (Å²) in [4.78, 5) is 8.51. The first-order chi connectivity index (χ1) is 8.06. The molecule has 2 rings (SSSR count). The molecule has 5 nitrogen and oxygen atoms in total. The van der Waals surface area contributed by atoms with Crippen molar-refractivity contribution >= 4 is 17.4 Å². The molecule has 0 saturated heterocycles. The van der Waals surface area contributed by atoms with E-state index in [0.717, 1.165) is 22.8 Å². The summed E-state index contributed by atoms with van der Waals surface area (Å²) in [6.45, 7) is 6.12. The van der Waals surface area contributed by atoms with Crippen LogP contribution in [0.25, 0.3) is 0 Å². The van der Waals surface area contributed by atoms with E-state index in [1.165, 1.54) is 0 Å². The van der Waals surface area contributed by atoms with Gasteiger partial charge >= 0.3 is 0 Å². The zero-order valence-corrected chi connectivity index (χ0v) is 10.7. The third-order valence-corrected chi connectivity index (χ3v) is 2.63. The summed E-state index contributed by atoms with van der Waals surface area (Å²) in [5, 5.41) is 7.24. The van der Waals surface area contributed by atoms with Gasteiger partial charge in [0.1, 0.15) is 0 Å². The van der Waals surface area contributed by atoms with Gasteiger partial charge in [-0.3, -0.25) is 0 Å². The Hall–Kier alpha value is -1.62. The quantitative estimate of drug-likeness (QED) is 0.910. The molecule has 0 aliphatic heterocycles. The maximum absolute atomic E-state index is 5.99. The molecule has 0 saturated carbocycles. The highest BCUT2D eigenvalue weighted by atomic mass is 35.5. The molecule has 0 radical (unpaired) electrons. The van der Waals surface area contributed by atoms with E-state index in [-0.39, 0.29) is 0 Å². The molecule has 0 spiro atoms. The van der Waals surface area contributed by atoms with Crippen molar-refractivity contribution in [2.24, 2.45) is 0 Å². The molecule has 2 heterocycles. The lowest BCUT2D eigenvalue weighted by Crippen LogP contribution is -2.04. The van der Waals surface area contributed by atoms with E-state index in [1.54, 1.807) is 0 Å². The molecular weight excluding hydrogens is 240 g/mol. The summed E-state index contributed by atoms with van der Waals surface area (Å²) in [6.07, 6.45) is 0. The van der Waals surface area contributed by atoms with Crippen molar-refractivity contribution < 1.29 is 4.52 Å². The lowest BCUT2D eigenvalue weighted by Gasteiger charge is -2.07. The highest BCUT2D eigenvalue weighted by Gasteiger charge is 2.08. The van der Waals surface area contributed by atoms with Crippen LogP contribution < -0.4 is 5.32 Å². The van der Waals surface area contributed by atoms with Crippen LogP contribution >= 0.6 is 11.6 Å². The number of aryl methyl sites for hydroxylation is 3. The summed E-state index contributed by atoms with van der Waals surface area (Å²) < 4.78 is 5.08. The van der Waals surface area contributed by atoms with E-state index >= 15 is 0 Å². The first-order valence-corrected chi connectivity index (χ1v) is 5.61. The van der Waals surface area contributed by atoms with Gasteiger partial charge in [-0.1, -0.05) is 16.8 Å². The number of anilines is 1. The molecule has 2 aromatic rings. The lowest BCUT2D eigenvalue weighted by atomic mass is 10.3. The predicted molar refractivity (Wildman–Crippen MR) is 65.1 cm³/mol. The molecule has 0 aliphatic rings. The molecule has 6 heteroatoms. The molecule has 0 fully saturated rings. The largest absolute Gasteiger partial charge is 0.360 e. The highest BCUT2D eigenvalue weighted by molar-refractivity contribution is 6.31. The summed E-state index contributed by atoms with van der Waals surface area (Å²) >= 11 is 5.99. The second kappa shape index (κ2) is 4.71. The van der Waals surface area contributed by atoms with Gasteiger partial charge in [0, 0.05) is 6.07 Å². The van der Waals surface area contributed by atoms with Crippen LogP contribution in [0.3, 0.4) is 0 Å². The normalized spacial score (nSPS) is 10.6. The molecule has 2 aromatic heterocycles.